The molecular formula is C20H19F4N3O6. The Bertz CT molecular complexity index is 1060. The van der Waals surface area contributed by atoms with Crippen molar-refractivity contribution in [2.24, 2.45) is 0 Å². The summed E-state index contributed by atoms with van der Waals surface area (Å²) in [5.74, 6) is -6.38. The van der Waals surface area contributed by atoms with Gasteiger partial charge in [-0.15, -0.1) is 0 Å². The quantitative estimate of drug-likeness (QED) is 0.390. The highest BCUT2D eigenvalue weighted by atomic mass is 19.3. The number of aromatic nitrogens is 2. The van der Waals surface area contributed by atoms with Crippen molar-refractivity contribution in [2.45, 2.75) is 38.3 Å². The average Bonchev–Trinajstić information content (AvgIpc) is 3.26. The van der Waals surface area contributed by atoms with Gasteiger partial charge in [0.15, 0.2) is 6.29 Å². The van der Waals surface area contributed by atoms with Crippen LogP contribution in [0.2, 0.25) is 0 Å². The van der Waals surface area contributed by atoms with E-state index in [1.165, 1.54) is 26.0 Å². The number of benzene rings is 1. The second-order valence-corrected chi connectivity index (χ2v) is 7.14. The first-order valence-corrected chi connectivity index (χ1v) is 9.59. The van der Waals surface area contributed by atoms with E-state index in [0.717, 1.165) is 6.07 Å². The maximum absolute atomic E-state index is 15.3. The number of hydrogen-bond acceptors (Lipinski definition) is 7. The normalized spacial score (nSPS) is 15.6. The van der Waals surface area contributed by atoms with Gasteiger partial charge in [0.25, 0.3) is 6.43 Å². The molecule has 2 heterocycles. The summed E-state index contributed by atoms with van der Waals surface area (Å²) < 4.78 is 66.8. The van der Waals surface area contributed by atoms with Gasteiger partial charge in [-0.1, -0.05) is 18.2 Å². The van der Waals surface area contributed by atoms with E-state index in [1.54, 1.807) is 0 Å². The fraction of sp³-hybridized carbons (Fsp3) is 0.400. The lowest BCUT2D eigenvalue weighted by molar-refractivity contribution is -0.168. The van der Waals surface area contributed by atoms with Gasteiger partial charge in [0.05, 0.1) is 30.4 Å². The third-order valence-electron chi connectivity index (χ3n) is 4.94. The number of carboxylic acids is 2. The summed E-state index contributed by atoms with van der Waals surface area (Å²) in [7, 11) is 0. The lowest BCUT2D eigenvalue weighted by atomic mass is 9.96. The molecule has 3 rings (SSSR count). The van der Waals surface area contributed by atoms with Crippen LogP contribution >= 0.6 is 0 Å². The number of nitrogens with zero attached hydrogens (tertiary/aromatic N) is 2. The third-order valence-corrected chi connectivity index (χ3v) is 4.94. The summed E-state index contributed by atoms with van der Waals surface area (Å²) >= 11 is 0. The molecular weight excluding hydrogens is 454 g/mol. The highest BCUT2D eigenvalue weighted by Crippen LogP contribution is 2.39. The van der Waals surface area contributed by atoms with Crippen LogP contribution in [0, 0.1) is 12.7 Å². The third kappa shape index (κ3) is 4.46. The molecule has 1 fully saturated rings. The molecule has 0 bridgehead atoms. The Labute approximate surface area is 184 Å². The molecule has 1 aliphatic rings. The maximum Gasteiger partial charge on any atom is 0.359 e. The zero-order valence-electron chi connectivity index (χ0n) is 17.3. The highest BCUT2D eigenvalue weighted by Gasteiger charge is 2.54. The van der Waals surface area contributed by atoms with Crippen molar-refractivity contribution in [3.05, 3.63) is 52.2 Å². The van der Waals surface area contributed by atoms with Crippen LogP contribution in [0.15, 0.2) is 18.2 Å². The molecule has 0 saturated carbocycles. The first-order chi connectivity index (χ1) is 15.5. The number of aryl methyl sites for hydroxylation is 1. The van der Waals surface area contributed by atoms with E-state index >= 15 is 4.39 Å². The minimum atomic E-state index is -3.99. The van der Waals surface area contributed by atoms with E-state index in [0.29, 0.717) is 0 Å². The van der Waals surface area contributed by atoms with Crippen LogP contribution in [0.4, 0.5) is 23.4 Å². The van der Waals surface area contributed by atoms with Gasteiger partial charge in [0.2, 0.25) is 0 Å². The standard InChI is InChI=1S/C20H19F4N3O6/c1-8(10-4-3-5-11(13(10)21)15(22)23)25-16-12(17-32-6-7-33-17)14(26-9(2)27-16)20(24,18(28)29)19(30)31/h3-5,8,15,17H,6-7H2,1-2H3,(H,28,29)(H,30,31)(H,25,26,27). The van der Waals surface area contributed by atoms with E-state index in [2.05, 4.69) is 15.3 Å². The topological polar surface area (TPSA) is 131 Å². The Morgan fingerprint density at radius 2 is 1.73 bits per heavy atom. The number of anilines is 1. The number of carboxylic acid groups (broad SMARTS) is 2. The number of hydrogen-bond donors (Lipinski definition) is 3. The van der Waals surface area contributed by atoms with Crippen molar-refractivity contribution in [3.63, 3.8) is 0 Å². The molecule has 178 valence electrons. The molecule has 2 aromatic rings. The molecule has 0 amide bonds. The molecule has 1 aliphatic heterocycles. The monoisotopic (exact) mass is 473 g/mol. The van der Waals surface area contributed by atoms with Crippen molar-refractivity contribution in [3.8, 4) is 0 Å². The number of aliphatic carboxylic acids is 2. The van der Waals surface area contributed by atoms with Gasteiger partial charge in [0, 0.05) is 5.56 Å². The summed E-state index contributed by atoms with van der Waals surface area (Å²) in [5.41, 5.74) is -6.50. The zero-order chi connectivity index (χ0) is 24.5. The van der Waals surface area contributed by atoms with Gasteiger partial charge in [-0.05, 0) is 13.8 Å². The summed E-state index contributed by atoms with van der Waals surface area (Å²) in [4.78, 5) is 31.0. The Hall–Kier alpha value is -3.32. The lowest BCUT2D eigenvalue weighted by Crippen LogP contribution is -2.42. The predicted molar refractivity (Wildman–Crippen MR) is 103 cm³/mol. The van der Waals surface area contributed by atoms with Crippen molar-refractivity contribution in [1.82, 2.24) is 9.97 Å². The number of halogens is 4. The first kappa shape index (κ1) is 24.3. The summed E-state index contributed by atoms with van der Waals surface area (Å²) in [6, 6.07) is 2.34. The summed E-state index contributed by atoms with van der Waals surface area (Å²) in [6.07, 6.45) is -4.50. The molecule has 0 radical (unpaired) electrons. The summed E-state index contributed by atoms with van der Waals surface area (Å²) in [5, 5.41) is 21.4. The van der Waals surface area contributed by atoms with Crippen LogP contribution in [0.5, 0.6) is 0 Å². The fourth-order valence-electron chi connectivity index (χ4n) is 3.35. The molecule has 1 saturated heterocycles. The average molecular weight is 473 g/mol. The number of rotatable bonds is 8. The maximum atomic E-state index is 15.3. The molecule has 1 atom stereocenters. The van der Waals surface area contributed by atoms with Gasteiger partial charge < -0.3 is 25.0 Å². The number of alkyl halides is 3. The minimum Gasteiger partial charge on any atom is -0.478 e. The first-order valence-electron chi connectivity index (χ1n) is 9.59. The molecule has 1 unspecified atom stereocenters. The molecule has 1 aromatic carbocycles. The van der Waals surface area contributed by atoms with Crippen LogP contribution in [-0.4, -0.2) is 45.3 Å². The zero-order valence-corrected chi connectivity index (χ0v) is 17.3. The number of nitrogens with one attached hydrogen (secondary N) is 1. The van der Waals surface area contributed by atoms with Crippen LogP contribution in [0.25, 0.3) is 0 Å². The van der Waals surface area contributed by atoms with Crippen LogP contribution in [0.1, 0.15) is 53.9 Å². The molecule has 13 heteroatoms. The second-order valence-electron chi connectivity index (χ2n) is 7.14. The van der Waals surface area contributed by atoms with Gasteiger partial charge in [0.1, 0.15) is 23.2 Å². The fourth-order valence-corrected chi connectivity index (χ4v) is 3.35. The predicted octanol–water partition coefficient (Wildman–Crippen LogP) is 3.41. The lowest BCUT2D eigenvalue weighted by Gasteiger charge is -2.25. The van der Waals surface area contributed by atoms with E-state index in [-0.39, 0.29) is 30.4 Å². The van der Waals surface area contributed by atoms with Crippen LogP contribution in [0.3, 0.4) is 0 Å². The molecule has 33 heavy (non-hydrogen) atoms. The van der Waals surface area contributed by atoms with Crippen LogP contribution < -0.4 is 5.32 Å². The molecule has 9 nitrogen and oxygen atoms in total. The van der Waals surface area contributed by atoms with Crippen molar-refractivity contribution in [2.75, 3.05) is 18.5 Å². The van der Waals surface area contributed by atoms with Crippen molar-refractivity contribution >= 4 is 17.8 Å². The molecule has 0 aliphatic carbocycles. The molecule has 3 N–H and O–H groups in total. The smallest absolute Gasteiger partial charge is 0.359 e. The van der Waals surface area contributed by atoms with E-state index in [9.17, 15) is 33.0 Å². The Morgan fingerprint density at radius 3 is 2.27 bits per heavy atom. The number of ether oxygens (including phenoxy) is 2. The van der Waals surface area contributed by atoms with Crippen molar-refractivity contribution in [1.29, 1.82) is 0 Å². The minimum absolute atomic E-state index is 0.0253. The largest absolute Gasteiger partial charge is 0.478 e. The second kappa shape index (κ2) is 9.27. The Kier molecular flexibility index (Phi) is 6.84. The van der Waals surface area contributed by atoms with Crippen LogP contribution in [-0.2, 0) is 24.7 Å². The molecule has 1 aromatic heterocycles. The van der Waals surface area contributed by atoms with E-state index in [1.807, 2.05) is 0 Å². The van der Waals surface area contributed by atoms with Gasteiger partial charge in [-0.2, -0.15) is 0 Å². The number of carbonyl (C=O) groups is 2. The van der Waals surface area contributed by atoms with E-state index < -0.39 is 59.0 Å². The van der Waals surface area contributed by atoms with E-state index in [4.69, 9.17) is 9.47 Å². The summed E-state index contributed by atoms with van der Waals surface area (Å²) in [6.45, 7) is 2.69. The van der Waals surface area contributed by atoms with Gasteiger partial charge in [-0.25, -0.2) is 37.1 Å². The Balaban J connectivity index is 2.16. The van der Waals surface area contributed by atoms with Gasteiger partial charge in [-0.3, -0.25) is 0 Å². The SMILES string of the molecule is Cc1nc(NC(C)c2cccc(C(F)F)c2F)c(C2OCCO2)c(C(F)(C(=O)O)C(=O)O)n1. The Morgan fingerprint density at radius 1 is 1.15 bits per heavy atom. The van der Waals surface area contributed by atoms with Gasteiger partial charge >= 0.3 is 17.6 Å². The highest BCUT2D eigenvalue weighted by molar-refractivity contribution is 6.02. The molecule has 0 spiro atoms. The van der Waals surface area contributed by atoms with Crippen molar-refractivity contribution < 1.29 is 46.8 Å².